The molecule has 0 saturated heterocycles. The number of methoxy groups -OCH3 is 2. The average Bonchev–Trinajstić information content (AvgIpc) is 2.54. The Labute approximate surface area is 137 Å². The van der Waals surface area contributed by atoms with E-state index in [2.05, 4.69) is 24.1 Å². The molecule has 0 aliphatic rings. The third kappa shape index (κ3) is 4.39. The summed E-state index contributed by atoms with van der Waals surface area (Å²) in [5.74, 6) is 1.53. The van der Waals surface area contributed by atoms with Gasteiger partial charge in [0, 0.05) is 18.1 Å². The molecule has 0 N–H and O–H groups in total. The van der Waals surface area contributed by atoms with E-state index in [1.165, 1.54) is 5.56 Å². The molecule has 0 heterocycles. The number of halogens is 1. The van der Waals surface area contributed by atoms with Gasteiger partial charge in [0.05, 0.1) is 14.2 Å². The van der Waals surface area contributed by atoms with Crippen LogP contribution in [0.3, 0.4) is 0 Å². The van der Waals surface area contributed by atoms with Gasteiger partial charge in [-0.1, -0.05) is 35.9 Å². The zero-order valence-electron chi connectivity index (χ0n) is 13.3. The normalized spacial score (nSPS) is 10.8. The van der Waals surface area contributed by atoms with E-state index < -0.39 is 0 Å². The lowest BCUT2D eigenvalue weighted by Crippen LogP contribution is -2.20. The zero-order valence-corrected chi connectivity index (χ0v) is 14.1. The van der Waals surface area contributed by atoms with E-state index >= 15 is 0 Å². The van der Waals surface area contributed by atoms with Crippen molar-refractivity contribution >= 4 is 11.6 Å². The molecule has 0 radical (unpaired) electrons. The summed E-state index contributed by atoms with van der Waals surface area (Å²) in [6.45, 7) is 1.79. The highest BCUT2D eigenvalue weighted by atomic mass is 35.5. The van der Waals surface area contributed by atoms with Gasteiger partial charge < -0.3 is 14.4 Å². The van der Waals surface area contributed by atoms with Gasteiger partial charge in [0.2, 0.25) is 0 Å². The van der Waals surface area contributed by atoms with Gasteiger partial charge in [0.1, 0.15) is 0 Å². The fourth-order valence-electron chi connectivity index (χ4n) is 2.35. The molecule has 0 aliphatic heterocycles. The molecule has 2 rings (SSSR count). The number of hydrogen-bond donors (Lipinski definition) is 0. The van der Waals surface area contributed by atoms with Crippen LogP contribution < -0.4 is 9.47 Å². The summed E-state index contributed by atoms with van der Waals surface area (Å²) < 4.78 is 10.6. The van der Waals surface area contributed by atoms with Crippen LogP contribution in [-0.4, -0.2) is 32.7 Å². The predicted molar refractivity (Wildman–Crippen MR) is 91.0 cm³/mol. The number of benzene rings is 2. The van der Waals surface area contributed by atoms with Crippen LogP contribution in [0.25, 0.3) is 0 Å². The van der Waals surface area contributed by atoms with Crippen LogP contribution in [0.4, 0.5) is 0 Å². The Morgan fingerprint density at radius 1 is 1.00 bits per heavy atom. The van der Waals surface area contributed by atoms with Crippen LogP contribution in [0.1, 0.15) is 11.1 Å². The second-order valence-electron chi connectivity index (χ2n) is 5.27. The van der Waals surface area contributed by atoms with Gasteiger partial charge in [-0.25, -0.2) is 0 Å². The first-order chi connectivity index (χ1) is 10.6. The van der Waals surface area contributed by atoms with Gasteiger partial charge in [0.15, 0.2) is 11.5 Å². The lowest BCUT2D eigenvalue weighted by Gasteiger charge is -2.18. The average molecular weight is 320 g/mol. The molecule has 0 bridgehead atoms. The van der Waals surface area contributed by atoms with Crippen molar-refractivity contribution in [1.82, 2.24) is 4.90 Å². The molecule has 22 heavy (non-hydrogen) atoms. The van der Waals surface area contributed by atoms with Crippen LogP contribution in [-0.2, 0) is 13.0 Å². The van der Waals surface area contributed by atoms with Gasteiger partial charge in [-0.3, -0.25) is 0 Å². The molecule has 0 spiro atoms. The summed E-state index contributed by atoms with van der Waals surface area (Å²) in [4.78, 5) is 2.26. The fourth-order valence-corrected chi connectivity index (χ4v) is 2.55. The third-order valence-corrected chi connectivity index (χ3v) is 4.00. The SMILES string of the molecule is COc1ccc(CCN(C)Cc2ccccc2Cl)cc1OC. The minimum Gasteiger partial charge on any atom is -0.493 e. The van der Waals surface area contributed by atoms with Crippen molar-refractivity contribution in [2.24, 2.45) is 0 Å². The summed E-state index contributed by atoms with van der Waals surface area (Å²) in [5, 5.41) is 0.820. The van der Waals surface area contributed by atoms with Crippen LogP contribution in [0.5, 0.6) is 11.5 Å². The molecule has 0 fully saturated rings. The highest BCUT2D eigenvalue weighted by Gasteiger charge is 2.07. The van der Waals surface area contributed by atoms with E-state index in [1.54, 1.807) is 14.2 Å². The largest absolute Gasteiger partial charge is 0.493 e. The maximum atomic E-state index is 6.20. The molecule has 0 unspecified atom stereocenters. The Bertz CT molecular complexity index is 616. The molecular weight excluding hydrogens is 298 g/mol. The van der Waals surface area contributed by atoms with E-state index in [1.807, 2.05) is 30.3 Å². The zero-order chi connectivity index (χ0) is 15.9. The van der Waals surface area contributed by atoms with Crippen molar-refractivity contribution in [1.29, 1.82) is 0 Å². The van der Waals surface area contributed by atoms with Crippen LogP contribution in [0.2, 0.25) is 5.02 Å². The first kappa shape index (κ1) is 16.7. The predicted octanol–water partition coefficient (Wildman–Crippen LogP) is 4.03. The molecule has 2 aromatic rings. The first-order valence-corrected chi connectivity index (χ1v) is 7.64. The van der Waals surface area contributed by atoms with Crippen molar-refractivity contribution in [2.75, 3.05) is 27.8 Å². The van der Waals surface area contributed by atoms with Crippen LogP contribution in [0.15, 0.2) is 42.5 Å². The van der Waals surface area contributed by atoms with E-state index in [0.717, 1.165) is 41.6 Å². The molecule has 118 valence electrons. The number of ether oxygens (including phenoxy) is 2. The smallest absolute Gasteiger partial charge is 0.160 e. The molecule has 0 aliphatic carbocycles. The standard InChI is InChI=1S/C18H22ClNO2/c1-20(13-15-6-4-5-7-16(15)19)11-10-14-8-9-17(21-2)18(12-14)22-3/h4-9,12H,10-11,13H2,1-3H3. The first-order valence-electron chi connectivity index (χ1n) is 7.27. The topological polar surface area (TPSA) is 21.7 Å². The van der Waals surface area contributed by atoms with Gasteiger partial charge in [0.25, 0.3) is 0 Å². The quantitative estimate of drug-likeness (QED) is 0.769. The van der Waals surface area contributed by atoms with Gasteiger partial charge in [-0.15, -0.1) is 0 Å². The van der Waals surface area contributed by atoms with Gasteiger partial charge in [-0.05, 0) is 42.8 Å². The summed E-state index contributed by atoms with van der Waals surface area (Å²) >= 11 is 6.20. The Morgan fingerprint density at radius 3 is 2.41 bits per heavy atom. The summed E-state index contributed by atoms with van der Waals surface area (Å²) in [5.41, 5.74) is 2.38. The molecule has 0 atom stereocenters. The van der Waals surface area contributed by atoms with Crippen LogP contribution >= 0.6 is 11.6 Å². The highest BCUT2D eigenvalue weighted by Crippen LogP contribution is 2.27. The highest BCUT2D eigenvalue weighted by molar-refractivity contribution is 6.31. The second kappa shape index (κ2) is 8.06. The number of nitrogens with zero attached hydrogens (tertiary/aromatic N) is 1. The Balaban J connectivity index is 1.93. The summed E-state index contributed by atoms with van der Waals surface area (Å²) in [7, 11) is 5.41. The minimum absolute atomic E-state index is 0.760. The van der Waals surface area contributed by atoms with Crippen molar-refractivity contribution in [3.63, 3.8) is 0 Å². The summed E-state index contributed by atoms with van der Waals surface area (Å²) in [6.07, 6.45) is 0.946. The molecule has 3 nitrogen and oxygen atoms in total. The molecule has 0 amide bonds. The molecule has 0 aromatic heterocycles. The maximum Gasteiger partial charge on any atom is 0.160 e. The number of hydrogen-bond acceptors (Lipinski definition) is 3. The molecule has 4 heteroatoms. The van der Waals surface area contributed by atoms with Crippen LogP contribution in [0, 0.1) is 0 Å². The summed E-state index contributed by atoms with van der Waals surface area (Å²) in [6, 6.07) is 14.0. The Morgan fingerprint density at radius 2 is 1.73 bits per heavy atom. The maximum absolute atomic E-state index is 6.20. The Kier molecular flexibility index (Phi) is 6.10. The van der Waals surface area contributed by atoms with Crippen molar-refractivity contribution in [2.45, 2.75) is 13.0 Å². The lowest BCUT2D eigenvalue weighted by atomic mass is 10.1. The van der Waals surface area contributed by atoms with Gasteiger partial charge in [-0.2, -0.15) is 0 Å². The van der Waals surface area contributed by atoms with Crippen molar-refractivity contribution in [3.8, 4) is 11.5 Å². The minimum atomic E-state index is 0.760. The molecular formula is C18H22ClNO2. The lowest BCUT2D eigenvalue weighted by molar-refractivity contribution is 0.330. The number of rotatable bonds is 7. The van der Waals surface area contributed by atoms with E-state index in [-0.39, 0.29) is 0 Å². The monoisotopic (exact) mass is 319 g/mol. The van der Waals surface area contributed by atoms with E-state index in [0.29, 0.717) is 0 Å². The van der Waals surface area contributed by atoms with Crippen molar-refractivity contribution < 1.29 is 9.47 Å². The van der Waals surface area contributed by atoms with Crippen molar-refractivity contribution in [3.05, 3.63) is 58.6 Å². The second-order valence-corrected chi connectivity index (χ2v) is 5.68. The fraction of sp³-hybridized carbons (Fsp3) is 0.333. The van der Waals surface area contributed by atoms with E-state index in [4.69, 9.17) is 21.1 Å². The third-order valence-electron chi connectivity index (χ3n) is 3.63. The Hall–Kier alpha value is -1.71. The molecule has 2 aromatic carbocycles. The van der Waals surface area contributed by atoms with Gasteiger partial charge >= 0.3 is 0 Å². The molecule has 0 saturated carbocycles. The number of likely N-dealkylation sites (N-methyl/N-ethyl adjacent to an activating group) is 1. The van der Waals surface area contributed by atoms with E-state index in [9.17, 15) is 0 Å².